The van der Waals surface area contributed by atoms with Gasteiger partial charge in [-0.05, 0) is 50.7 Å². The second kappa shape index (κ2) is 5.94. The third-order valence-electron chi connectivity index (χ3n) is 2.95. The number of hydrogen-bond donors (Lipinski definition) is 2. The van der Waals surface area contributed by atoms with Gasteiger partial charge in [0.2, 0.25) is 0 Å². The Morgan fingerprint density at radius 3 is 2.50 bits per heavy atom. The Morgan fingerprint density at radius 1 is 1.31 bits per heavy atom. The zero-order chi connectivity index (χ0) is 12.1. The van der Waals surface area contributed by atoms with Crippen molar-refractivity contribution in [1.82, 2.24) is 5.32 Å². The summed E-state index contributed by atoms with van der Waals surface area (Å²) in [6.07, 6.45) is 3.76. The number of hydrogen-bond acceptors (Lipinski definition) is 3. The van der Waals surface area contributed by atoms with E-state index in [1.807, 2.05) is 6.92 Å². The highest BCUT2D eigenvalue weighted by atomic mass is 32.1. The van der Waals surface area contributed by atoms with Crippen molar-refractivity contribution < 1.29 is 0 Å². The third kappa shape index (κ3) is 4.26. The maximum Gasteiger partial charge on any atom is 0.169 e. The maximum atomic E-state index is 5.33. The number of nitrogens with one attached hydrogen (secondary N) is 1. The number of rotatable bonds is 2. The van der Waals surface area contributed by atoms with Crippen LogP contribution in [-0.4, -0.2) is 16.7 Å². The normalized spacial score (nSPS) is 26.9. The zero-order valence-electron chi connectivity index (χ0n) is 10.2. The lowest BCUT2D eigenvalue weighted by molar-refractivity contribution is 0.595. The molecule has 3 N–H and O–H groups in total. The van der Waals surface area contributed by atoms with Gasteiger partial charge in [-0.1, -0.05) is 13.3 Å². The minimum atomic E-state index is 0.226. The summed E-state index contributed by atoms with van der Waals surface area (Å²) in [7, 11) is 0. The summed E-state index contributed by atoms with van der Waals surface area (Å²) in [6, 6.07) is 0. The van der Waals surface area contributed by atoms with Gasteiger partial charge in [0.05, 0.1) is 0 Å². The second-order valence-corrected chi connectivity index (χ2v) is 4.97. The molecular weight excluding hydrogens is 220 g/mol. The van der Waals surface area contributed by atoms with Gasteiger partial charge in [0, 0.05) is 5.71 Å². The lowest BCUT2D eigenvalue weighted by Crippen LogP contribution is -2.32. The molecule has 0 aliphatic heterocycles. The average molecular weight is 240 g/mol. The molecule has 4 nitrogen and oxygen atoms in total. The van der Waals surface area contributed by atoms with E-state index in [2.05, 4.69) is 22.4 Å². The molecule has 16 heavy (non-hydrogen) atoms. The molecule has 1 saturated carbocycles. The van der Waals surface area contributed by atoms with Gasteiger partial charge in [-0.15, -0.1) is 5.10 Å². The molecule has 0 amide bonds. The second-order valence-electron chi connectivity index (χ2n) is 4.53. The Bertz CT molecular complexity index is 322. The summed E-state index contributed by atoms with van der Waals surface area (Å²) in [6.45, 7) is 6.13. The number of amidine groups is 1. The van der Waals surface area contributed by atoms with Crippen molar-refractivity contribution in [3.8, 4) is 0 Å². The first-order valence-corrected chi connectivity index (χ1v) is 6.05. The molecule has 1 aliphatic carbocycles. The van der Waals surface area contributed by atoms with Crippen LogP contribution in [0.5, 0.6) is 0 Å². The monoisotopic (exact) mass is 240 g/mol. The molecule has 0 saturated heterocycles. The molecule has 0 spiro atoms. The van der Waals surface area contributed by atoms with Crippen LogP contribution >= 0.6 is 12.2 Å². The minimum Gasteiger partial charge on any atom is -0.376 e. The largest absolute Gasteiger partial charge is 0.376 e. The lowest BCUT2D eigenvalue weighted by Gasteiger charge is -2.07. The van der Waals surface area contributed by atoms with Crippen LogP contribution in [0.3, 0.4) is 0 Å². The summed E-state index contributed by atoms with van der Waals surface area (Å²) in [5.41, 5.74) is 6.44. The SMILES string of the molecule is C/C(=N\N=C(/C)C1CCC(C)C1)NC(N)=S. The smallest absolute Gasteiger partial charge is 0.169 e. The summed E-state index contributed by atoms with van der Waals surface area (Å²) in [4.78, 5) is 0. The van der Waals surface area contributed by atoms with Gasteiger partial charge in [-0.2, -0.15) is 5.10 Å². The predicted octanol–water partition coefficient (Wildman–Crippen LogP) is 2.05. The van der Waals surface area contributed by atoms with Crippen LogP contribution in [0.1, 0.15) is 40.0 Å². The molecule has 90 valence electrons. The first-order valence-electron chi connectivity index (χ1n) is 5.64. The van der Waals surface area contributed by atoms with Gasteiger partial charge < -0.3 is 11.1 Å². The van der Waals surface area contributed by atoms with Crippen LogP contribution in [0.2, 0.25) is 0 Å². The summed E-state index contributed by atoms with van der Waals surface area (Å²) in [5, 5.41) is 11.3. The van der Waals surface area contributed by atoms with Gasteiger partial charge in [-0.25, -0.2) is 0 Å². The molecule has 0 aromatic rings. The first kappa shape index (κ1) is 13.1. The molecule has 2 atom stereocenters. The molecular formula is C11H20N4S. The van der Waals surface area contributed by atoms with E-state index >= 15 is 0 Å². The van der Waals surface area contributed by atoms with Gasteiger partial charge >= 0.3 is 0 Å². The number of nitrogens with zero attached hydrogens (tertiary/aromatic N) is 2. The van der Waals surface area contributed by atoms with E-state index in [-0.39, 0.29) is 5.11 Å². The van der Waals surface area contributed by atoms with Crippen molar-refractivity contribution in [2.45, 2.75) is 40.0 Å². The average Bonchev–Trinajstić information content (AvgIpc) is 2.60. The Hall–Kier alpha value is -0.970. The van der Waals surface area contributed by atoms with Crippen molar-refractivity contribution >= 4 is 28.9 Å². The molecule has 0 bridgehead atoms. The number of nitrogens with two attached hydrogens (primary N) is 1. The van der Waals surface area contributed by atoms with Crippen LogP contribution in [0.15, 0.2) is 10.2 Å². The van der Waals surface area contributed by atoms with Crippen molar-refractivity contribution in [3.05, 3.63) is 0 Å². The Labute approximate surface area is 102 Å². The third-order valence-corrected chi connectivity index (χ3v) is 3.05. The van der Waals surface area contributed by atoms with Gasteiger partial charge in [0.15, 0.2) is 5.11 Å². The standard InChI is InChI=1S/C11H20N4S/c1-7-4-5-10(6-7)8(2)14-15-9(3)13-11(12)16/h7,10H,4-6H2,1-3H3,(H3,12,13,15,16)/b14-8+. The molecule has 5 heteroatoms. The van der Waals surface area contributed by atoms with E-state index < -0.39 is 0 Å². The van der Waals surface area contributed by atoms with Crippen molar-refractivity contribution in [2.75, 3.05) is 0 Å². The highest BCUT2D eigenvalue weighted by Gasteiger charge is 2.23. The Morgan fingerprint density at radius 2 is 2.00 bits per heavy atom. The van der Waals surface area contributed by atoms with E-state index in [9.17, 15) is 0 Å². The van der Waals surface area contributed by atoms with Crippen molar-refractivity contribution in [2.24, 2.45) is 27.8 Å². The predicted molar refractivity (Wildman–Crippen MR) is 72.6 cm³/mol. The molecule has 0 radical (unpaired) electrons. The molecule has 0 heterocycles. The summed E-state index contributed by atoms with van der Waals surface area (Å²) < 4.78 is 0. The summed E-state index contributed by atoms with van der Waals surface area (Å²) >= 11 is 4.71. The highest BCUT2D eigenvalue weighted by molar-refractivity contribution is 7.80. The lowest BCUT2D eigenvalue weighted by atomic mass is 10.0. The van der Waals surface area contributed by atoms with Crippen LogP contribution in [-0.2, 0) is 0 Å². The fraction of sp³-hybridized carbons (Fsp3) is 0.727. The molecule has 1 fully saturated rings. The van der Waals surface area contributed by atoms with E-state index in [4.69, 9.17) is 18.0 Å². The molecule has 2 unspecified atom stereocenters. The quantitative estimate of drug-likeness (QED) is 0.336. The number of thiocarbonyl (C=S) groups is 1. The Kier molecular flexibility index (Phi) is 4.86. The topological polar surface area (TPSA) is 62.8 Å². The van der Waals surface area contributed by atoms with Crippen LogP contribution in [0.25, 0.3) is 0 Å². The molecule has 0 aromatic heterocycles. The van der Waals surface area contributed by atoms with Crippen LogP contribution in [0.4, 0.5) is 0 Å². The molecule has 1 rings (SSSR count). The fourth-order valence-electron chi connectivity index (χ4n) is 2.03. The van der Waals surface area contributed by atoms with Crippen molar-refractivity contribution in [1.29, 1.82) is 0 Å². The minimum absolute atomic E-state index is 0.226. The summed E-state index contributed by atoms with van der Waals surface area (Å²) in [5.74, 6) is 2.05. The van der Waals surface area contributed by atoms with Gasteiger partial charge in [0.1, 0.15) is 5.84 Å². The van der Waals surface area contributed by atoms with E-state index in [1.165, 1.54) is 19.3 Å². The van der Waals surface area contributed by atoms with E-state index in [0.717, 1.165) is 11.6 Å². The molecule has 1 aliphatic rings. The first-order chi connectivity index (χ1) is 7.49. The maximum absolute atomic E-state index is 5.33. The van der Waals surface area contributed by atoms with Crippen LogP contribution < -0.4 is 11.1 Å². The highest BCUT2D eigenvalue weighted by Crippen LogP contribution is 2.31. The van der Waals surface area contributed by atoms with Crippen molar-refractivity contribution in [3.63, 3.8) is 0 Å². The van der Waals surface area contributed by atoms with E-state index in [0.29, 0.717) is 11.8 Å². The zero-order valence-corrected chi connectivity index (χ0v) is 11.0. The molecule has 0 aromatic carbocycles. The van der Waals surface area contributed by atoms with Crippen LogP contribution in [0, 0.1) is 11.8 Å². The Balaban J connectivity index is 2.53. The van der Waals surface area contributed by atoms with E-state index in [1.54, 1.807) is 6.92 Å². The van der Waals surface area contributed by atoms with Gasteiger partial charge in [-0.3, -0.25) is 0 Å². The fourth-order valence-corrected chi connectivity index (χ4v) is 2.17. The van der Waals surface area contributed by atoms with Gasteiger partial charge in [0.25, 0.3) is 0 Å².